The molecule has 2 heterocycles. The number of hydrogen-bond acceptors (Lipinski definition) is 10. The lowest BCUT2D eigenvalue weighted by molar-refractivity contribution is 0.0849. The Kier molecular flexibility index (Phi) is 5.86. The van der Waals surface area contributed by atoms with Crippen LogP contribution in [0.2, 0.25) is 0 Å². The van der Waals surface area contributed by atoms with E-state index in [1.807, 2.05) is 12.5 Å². The van der Waals surface area contributed by atoms with Gasteiger partial charge in [0.15, 0.2) is 10.3 Å². The van der Waals surface area contributed by atoms with E-state index in [4.69, 9.17) is 0 Å². The van der Waals surface area contributed by atoms with Crippen molar-refractivity contribution >= 4 is 47.0 Å². The van der Waals surface area contributed by atoms with Gasteiger partial charge in [0.05, 0.1) is 0 Å². The number of nitrogens with one attached hydrogen (secondary N) is 3. The summed E-state index contributed by atoms with van der Waals surface area (Å²) >= 11 is 2.78. The molecule has 0 bridgehead atoms. The summed E-state index contributed by atoms with van der Waals surface area (Å²) in [5.41, 5.74) is 0.475. The van der Waals surface area contributed by atoms with E-state index >= 15 is 0 Å². The topological polar surface area (TPSA) is 122 Å². The van der Waals surface area contributed by atoms with Crippen molar-refractivity contribution in [3.8, 4) is 0 Å². The number of nitrogens with zero attached hydrogens (tertiary/aromatic N) is 4. The number of carbonyl (C=O) groups is 2. The van der Waals surface area contributed by atoms with E-state index in [0.29, 0.717) is 34.0 Å². The first-order valence-electron chi connectivity index (χ1n) is 9.28. The fourth-order valence-electron chi connectivity index (χ4n) is 2.56. The Morgan fingerprint density at radius 3 is 1.59 bits per heavy atom. The van der Waals surface area contributed by atoms with Gasteiger partial charge in [0.25, 0.3) is 11.8 Å². The molecule has 0 spiro atoms. The van der Waals surface area contributed by atoms with Gasteiger partial charge in [-0.25, -0.2) is 19.9 Å². The summed E-state index contributed by atoms with van der Waals surface area (Å²) < 4.78 is 0. The van der Waals surface area contributed by atoms with Gasteiger partial charge in [-0.05, 0) is 38.2 Å². The maximum Gasteiger partial charge on any atom is 0.263 e. The molecule has 29 heavy (non-hydrogen) atoms. The van der Waals surface area contributed by atoms with Crippen LogP contribution in [-0.2, 0) is 0 Å². The number of carbonyl (C=O) groups excluding carboxylic acids is 2. The Bertz CT molecular complexity index is 872. The lowest BCUT2D eigenvalue weighted by Crippen LogP contribution is -2.32. The summed E-state index contributed by atoms with van der Waals surface area (Å²) in [5.74, 6) is -0.223. The molecule has 0 aromatic carbocycles. The predicted molar refractivity (Wildman–Crippen MR) is 113 cm³/mol. The van der Waals surface area contributed by atoms with E-state index in [1.165, 1.54) is 35.9 Å². The Hall–Kier alpha value is -2.40. The van der Waals surface area contributed by atoms with E-state index in [0.717, 1.165) is 25.7 Å². The first-order valence-corrected chi connectivity index (χ1v) is 11.7. The number of amides is 2. The van der Waals surface area contributed by atoms with Crippen LogP contribution in [0.5, 0.6) is 0 Å². The monoisotopic (exact) mass is 431 g/mol. The highest BCUT2D eigenvalue weighted by Crippen LogP contribution is 2.28. The van der Waals surface area contributed by atoms with Crippen LogP contribution < -0.4 is 16.0 Å². The van der Waals surface area contributed by atoms with Crippen LogP contribution in [0, 0.1) is 0 Å². The van der Waals surface area contributed by atoms with Crippen molar-refractivity contribution in [1.82, 2.24) is 25.3 Å². The standard InChI is InChI=1S/C18H21N7O2S2/c1-28-17-19-7-11(13(23-17)21-9-3-4-9)15(26)25-16(27)12-8-20-18(29-2)24-14(12)22-10-5-6-10/h7-10H,3-6H2,1-2H3,(H,19,21,23)(H,20,22,24)(H,25,26,27). The van der Waals surface area contributed by atoms with Crippen molar-refractivity contribution < 1.29 is 9.59 Å². The summed E-state index contributed by atoms with van der Waals surface area (Å²) in [6.45, 7) is 0. The van der Waals surface area contributed by atoms with Gasteiger partial charge in [0.2, 0.25) is 0 Å². The van der Waals surface area contributed by atoms with Crippen LogP contribution in [-0.4, -0.2) is 56.3 Å². The fraction of sp³-hybridized carbons (Fsp3) is 0.444. The number of rotatable bonds is 8. The molecule has 0 atom stereocenters. The molecule has 0 unspecified atom stereocenters. The van der Waals surface area contributed by atoms with Gasteiger partial charge >= 0.3 is 0 Å². The van der Waals surface area contributed by atoms with E-state index in [9.17, 15) is 9.59 Å². The third-order valence-electron chi connectivity index (χ3n) is 4.45. The van der Waals surface area contributed by atoms with E-state index in [2.05, 4.69) is 35.9 Å². The van der Waals surface area contributed by atoms with Crippen LogP contribution in [0.25, 0.3) is 0 Å². The predicted octanol–water partition coefficient (Wildman–Crippen LogP) is 2.43. The Morgan fingerprint density at radius 1 is 0.828 bits per heavy atom. The summed E-state index contributed by atoms with van der Waals surface area (Å²) in [6, 6.07) is 0.618. The van der Waals surface area contributed by atoms with Crippen molar-refractivity contribution in [1.29, 1.82) is 0 Å². The fourth-order valence-corrected chi connectivity index (χ4v) is 3.24. The molecular formula is C18H21N7O2S2. The Morgan fingerprint density at radius 2 is 1.24 bits per heavy atom. The Balaban J connectivity index is 1.54. The second-order valence-corrected chi connectivity index (χ2v) is 8.41. The molecule has 2 aromatic rings. The van der Waals surface area contributed by atoms with Crippen LogP contribution in [0.4, 0.5) is 11.6 Å². The van der Waals surface area contributed by atoms with Crippen molar-refractivity contribution in [2.24, 2.45) is 0 Å². The zero-order chi connectivity index (χ0) is 20.4. The normalized spacial score (nSPS) is 15.7. The van der Waals surface area contributed by atoms with Gasteiger partial charge in [-0.15, -0.1) is 0 Å². The zero-order valence-electron chi connectivity index (χ0n) is 16.1. The summed E-state index contributed by atoms with van der Waals surface area (Å²) in [7, 11) is 0. The number of imide groups is 1. The molecule has 9 nitrogen and oxygen atoms in total. The summed E-state index contributed by atoms with van der Waals surface area (Å²) in [5, 5.41) is 10.0. The van der Waals surface area contributed by atoms with Gasteiger partial charge in [-0.3, -0.25) is 14.9 Å². The second kappa shape index (κ2) is 8.54. The molecule has 152 valence electrons. The lowest BCUT2D eigenvalue weighted by Gasteiger charge is -2.13. The molecule has 11 heteroatoms. The van der Waals surface area contributed by atoms with Gasteiger partial charge in [0, 0.05) is 24.5 Å². The van der Waals surface area contributed by atoms with Crippen molar-refractivity contribution in [3.05, 3.63) is 23.5 Å². The average Bonchev–Trinajstić information content (AvgIpc) is 3.64. The van der Waals surface area contributed by atoms with Crippen LogP contribution in [0.3, 0.4) is 0 Å². The molecule has 2 aromatic heterocycles. The lowest BCUT2D eigenvalue weighted by atomic mass is 10.2. The minimum atomic E-state index is -0.558. The quantitative estimate of drug-likeness (QED) is 0.326. The minimum absolute atomic E-state index is 0.237. The molecule has 0 saturated heterocycles. The number of thioether (sulfide) groups is 2. The van der Waals surface area contributed by atoms with E-state index in [1.54, 1.807) is 0 Å². The first-order chi connectivity index (χ1) is 14.1. The molecule has 0 radical (unpaired) electrons. The summed E-state index contributed by atoms with van der Waals surface area (Å²) in [6.07, 6.45) is 10.8. The molecule has 2 aliphatic rings. The highest BCUT2D eigenvalue weighted by Gasteiger charge is 2.28. The SMILES string of the molecule is CSc1ncc(C(=O)NC(=O)c2cnc(SC)nc2NC2CC2)c(NC2CC2)n1. The highest BCUT2D eigenvalue weighted by molar-refractivity contribution is 7.98. The smallest absolute Gasteiger partial charge is 0.263 e. The van der Waals surface area contributed by atoms with Crippen molar-refractivity contribution in [3.63, 3.8) is 0 Å². The second-order valence-electron chi connectivity index (χ2n) is 6.86. The Labute approximate surface area is 176 Å². The van der Waals surface area contributed by atoms with Crippen LogP contribution >= 0.6 is 23.5 Å². The van der Waals surface area contributed by atoms with Gasteiger partial charge in [-0.2, -0.15) is 0 Å². The third kappa shape index (κ3) is 4.96. The number of anilines is 2. The van der Waals surface area contributed by atoms with Gasteiger partial charge < -0.3 is 10.6 Å². The first kappa shape index (κ1) is 19.9. The van der Waals surface area contributed by atoms with Crippen LogP contribution in [0.1, 0.15) is 46.4 Å². The third-order valence-corrected chi connectivity index (χ3v) is 5.57. The van der Waals surface area contributed by atoms with Gasteiger partial charge in [0.1, 0.15) is 22.8 Å². The molecule has 0 aliphatic heterocycles. The van der Waals surface area contributed by atoms with Crippen molar-refractivity contribution in [2.45, 2.75) is 48.1 Å². The zero-order valence-corrected chi connectivity index (χ0v) is 17.7. The van der Waals surface area contributed by atoms with Crippen molar-refractivity contribution in [2.75, 3.05) is 23.1 Å². The maximum absolute atomic E-state index is 12.8. The minimum Gasteiger partial charge on any atom is -0.367 e. The molecular weight excluding hydrogens is 410 g/mol. The van der Waals surface area contributed by atoms with Crippen LogP contribution in [0.15, 0.2) is 22.7 Å². The number of hydrogen-bond donors (Lipinski definition) is 3. The maximum atomic E-state index is 12.8. The summed E-state index contributed by atoms with van der Waals surface area (Å²) in [4.78, 5) is 42.7. The molecule has 3 N–H and O–H groups in total. The largest absolute Gasteiger partial charge is 0.367 e. The average molecular weight is 432 g/mol. The number of aromatic nitrogens is 4. The van der Waals surface area contributed by atoms with Gasteiger partial charge in [-0.1, -0.05) is 23.5 Å². The molecule has 2 amide bonds. The molecule has 2 saturated carbocycles. The van der Waals surface area contributed by atoms with E-state index in [-0.39, 0.29) is 11.1 Å². The van der Waals surface area contributed by atoms with E-state index < -0.39 is 11.8 Å². The molecule has 4 rings (SSSR count). The molecule has 2 fully saturated rings. The molecule has 2 aliphatic carbocycles. The highest BCUT2D eigenvalue weighted by atomic mass is 32.2.